The number of likely N-dealkylation sites (N-methyl/N-ethyl adjacent to an activating group) is 1. The molecule has 0 aromatic carbocycles. The predicted molar refractivity (Wildman–Crippen MR) is 116 cm³/mol. The average molecular weight is 444 g/mol. The molecule has 172 valence electrons. The van der Waals surface area contributed by atoms with Gasteiger partial charge in [0, 0.05) is 75.5 Å². The zero-order chi connectivity index (χ0) is 23.6. The Morgan fingerprint density at radius 3 is 2.59 bits per heavy atom. The molecule has 10 heteroatoms. The smallest absolute Gasteiger partial charge is 0.290 e. The minimum Gasteiger partial charge on any atom is -0.483 e. The third kappa shape index (κ3) is 4.30. The maximum Gasteiger partial charge on any atom is 0.290 e. The van der Waals surface area contributed by atoms with E-state index in [4.69, 9.17) is 9.90 Å². The number of amides is 2. The Morgan fingerprint density at radius 2 is 2.00 bits per heavy atom. The lowest BCUT2D eigenvalue weighted by Crippen LogP contribution is -2.54. The quantitative estimate of drug-likeness (QED) is 0.700. The van der Waals surface area contributed by atoms with Crippen LogP contribution in [0.3, 0.4) is 0 Å². The number of carbonyl (C=O) groups is 3. The van der Waals surface area contributed by atoms with Gasteiger partial charge in [-0.1, -0.05) is 6.07 Å². The van der Waals surface area contributed by atoms with E-state index >= 15 is 0 Å². The molecule has 1 fully saturated rings. The summed E-state index contributed by atoms with van der Waals surface area (Å²) in [4.78, 5) is 50.2. The molecular weight excluding hydrogens is 414 g/mol. The van der Waals surface area contributed by atoms with Gasteiger partial charge in [0.15, 0.2) is 0 Å². The Balaban J connectivity index is 0.000000913. The fourth-order valence-electron chi connectivity index (χ4n) is 4.77. The number of carboxylic acid groups (broad SMARTS) is 1. The molecule has 2 bridgehead atoms. The molecular formula is C22H29N5O5. The third-order valence-corrected chi connectivity index (χ3v) is 6.47. The highest BCUT2D eigenvalue weighted by Gasteiger charge is 2.45. The highest BCUT2D eigenvalue weighted by atomic mass is 16.3. The van der Waals surface area contributed by atoms with Crippen molar-refractivity contribution in [2.75, 3.05) is 20.1 Å². The van der Waals surface area contributed by atoms with Crippen LogP contribution in [-0.4, -0.2) is 67.7 Å². The second-order valence-electron chi connectivity index (χ2n) is 8.40. The van der Waals surface area contributed by atoms with Gasteiger partial charge in [-0.15, -0.1) is 0 Å². The van der Waals surface area contributed by atoms with Gasteiger partial charge in [0.25, 0.3) is 12.0 Å². The molecule has 2 aromatic heterocycles. The maximum absolute atomic E-state index is 13.5. The van der Waals surface area contributed by atoms with E-state index in [1.54, 1.807) is 40.4 Å². The van der Waals surface area contributed by atoms with Crippen molar-refractivity contribution in [1.82, 2.24) is 24.1 Å². The highest BCUT2D eigenvalue weighted by molar-refractivity contribution is 5.81. The molecule has 2 aliphatic heterocycles. The molecule has 0 aliphatic carbocycles. The lowest BCUT2D eigenvalue weighted by molar-refractivity contribution is -0.141. The molecule has 2 aliphatic rings. The first kappa shape index (κ1) is 23.2. The van der Waals surface area contributed by atoms with Crippen molar-refractivity contribution in [2.24, 2.45) is 13.0 Å². The van der Waals surface area contributed by atoms with Crippen molar-refractivity contribution in [3.63, 3.8) is 0 Å². The number of likely N-dealkylation sites (tertiary alicyclic amines) is 1. The monoisotopic (exact) mass is 443 g/mol. The van der Waals surface area contributed by atoms with Gasteiger partial charge in [-0.3, -0.25) is 28.4 Å². The average Bonchev–Trinajstić information content (AvgIpc) is 3.06. The molecule has 32 heavy (non-hydrogen) atoms. The van der Waals surface area contributed by atoms with Gasteiger partial charge in [0.2, 0.25) is 11.8 Å². The Labute approximate surface area is 186 Å². The molecule has 4 rings (SSSR count). The van der Waals surface area contributed by atoms with Crippen LogP contribution in [-0.2, 0) is 28.0 Å². The fourth-order valence-corrected chi connectivity index (χ4v) is 4.77. The van der Waals surface area contributed by atoms with Crippen LogP contribution in [0.1, 0.15) is 42.3 Å². The van der Waals surface area contributed by atoms with Crippen LogP contribution >= 0.6 is 0 Å². The van der Waals surface area contributed by atoms with Gasteiger partial charge >= 0.3 is 0 Å². The molecule has 4 heterocycles. The van der Waals surface area contributed by atoms with Crippen LogP contribution in [0.2, 0.25) is 0 Å². The van der Waals surface area contributed by atoms with Crippen molar-refractivity contribution < 1.29 is 19.5 Å². The van der Waals surface area contributed by atoms with Crippen LogP contribution in [0, 0.1) is 12.8 Å². The Bertz CT molecular complexity index is 1070. The van der Waals surface area contributed by atoms with E-state index in [1.165, 1.54) is 6.07 Å². The van der Waals surface area contributed by atoms with Gasteiger partial charge in [-0.2, -0.15) is 5.10 Å². The molecule has 10 nitrogen and oxygen atoms in total. The standard InChI is InChI=1S/C21H27N5O3.CH2O2/c1-13-17(9-22-24(13)4)10-23(3)21(29)20-16-8-15(11-25(12-16)14(2)27)18-6-5-7-19(28)26(18)20;2-1-3/h5-7,9,15-16,20H,8,10-12H2,1-4H3;1H,(H,2,3)/t15-,16+,20-;/m1./s1. The summed E-state index contributed by atoms with van der Waals surface area (Å²) >= 11 is 0. The first-order valence-electron chi connectivity index (χ1n) is 10.5. The molecule has 2 aromatic rings. The summed E-state index contributed by atoms with van der Waals surface area (Å²) in [5.74, 6) is -0.0784. The molecule has 2 amide bonds. The SMILES string of the molecule is CC(=O)N1C[C@H]2C[C@@H](C1)[C@H](C(=O)N(C)Cc1cnn(C)c1C)n1c2cccc1=O.O=CO. The summed E-state index contributed by atoms with van der Waals surface area (Å²) in [7, 11) is 3.64. The highest BCUT2D eigenvalue weighted by Crippen LogP contribution is 2.41. The largest absolute Gasteiger partial charge is 0.483 e. The number of piperidine rings is 1. The molecule has 1 N–H and O–H groups in total. The summed E-state index contributed by atoms with van der Waals surface area (Å²) in [6.07, 6.45) is 2.58. The summed E-state index contributed by atoms with van der Waals surface area (Å²) in [5.41, 5.74) is 2.68. The summed E-state index contributed by atoms with van der Waals surface area (Å²) in [5, 5.41) is 11.1. The van der Waals surface area contributed by atoms with Crippen molar-refractivity contribution in [3.05, 3.63) is 51.7 Å². The van der Waals surface area contributed by atoms with Gasteiger partial charge in [-0.25, -0.2) is 0 Å². The first-order chi connectivity index (χ1) is 15.2. The van der Waals surface area contributed by atoms with Crippen molar-refractivity contribution >= 4 is 18.3 Å². The van der Waals surface area contributed by atoms with Crippen LogP contribution in [0.5, 0.6) is 0 Å². The van der Waals surface area contributed by atoms with E-state index in [0.29, 0.717) is 19.6 Å². The zero-order valence-corrected chi connectivity index (χ0v) is 18.8. The molecule has 0 radical (unpaired) electrons. The van der Waals surface area contributed by atoms with Crippen LogP contribution in [0.15, 0.2) is 29.2 Å². The van der Waals surface area contributed by atoms with Crippen LogP contribution in [0.4, 0.5) is 0 Å². The number of nitrogens with zero attached hydrogens (tertiary/aromatic N) is 5. The number of carbonyl (C=O) groups excluding carboxylic acids is 2. The van der Waals surface area contributed by atoms with Crippen LogP contribution in [0.25, 0.3) is 0 Å². The van der Waals surface area contributed by atoms with Gasteiger partial charge in [0.1, 0.15) is 6.04 Å². The van der Waals surface area contributed by atoms with E-state index < -0.39 is 6.04 Å². The lowest BCUT2D eigenvalue weighted by Gasteiger charge is -2.46. The second kappa shape index (κ2) is 9.37. The molecule has 1 saturated heterocycles. The number of rotatable bonds is 3. The number of aromatic nitrogens is 3. The summed E-state index contributed by atoms with van der Waals surface area (Å²) < 4.78 is 3.45. The van der Waals surface area contributed by atoms with Crippen LogP contribution < -0.4 is 5.56 Å². The van der Waals surface area contributed by atoms with Crippen molar-refractivity contribution in [1.29, 1.82) is 0 Å². The Morgan fingerprint density at radius 1 is 1.31 bits per heavy atom. The summed E-state index contributed by atoms with van der Waals surface area (Å²) in [6.45, 7) is 4.81. The van der Waals surface area contributed by atoms with Crippen molar-refractivity contribution in [2.45, 2.75) is 38.8 Å². The van der Waals surface area contributed by atoms with Crippen molar-refractivity contribution in [3.8, 4) is 0 Å². The van der Waals surface area contributed by atoms with Gasteiger partial charge in [-0.05, 0) is 19.4 Å². The number of hydrogen-bond acceptors (Lipinski definition) is 5. The maximum atomic E-state index is 13.5. The number of pyridine rings is 1. The number of hydrogen-bond donors (Lipinski definition) is 1. The molecule has 3 atom stereocenters. The minimum absolute atomic E-state index is 0.0111. The van der Waals surface area contributed by atoms with E-state index in [-0.39, 0.29) is 35.7 Å². The molecule has 0 unspecified atom stereocenters. The van der Waals surface area contributed by atoms with E-state index in [2.05, 4.69) is 5.10 Å². The third-order valence-electron chi connectivity index (χ3n) is 6.47. The number of fused-ring (bicyclic) bond motifs is 4. The van der Waals surface area contributed by atoms with E-state index in [1.807, 2.05) is 24.9 Å². The Kier molecular flexibility index (Phi) is 6.81. The second-order valence-corrected chi connectivity index (χ2v) is 8.40. The fraction of sp³-hybridized carbons (Fsp3) is 0.500. The zero-order valence-electron chi connectivity index (χ0n) is 18.8. The Hall–Kier alpha value is -3.43. The topological polar surface area (TPSA) is 118 Å². The lowest BCUT2D eigenvalue weighted by atomic mass is 9.78. The van der Waals surface area contributed by atoms with E-state index in [0.717, 1.165) is 23.4 Å². The predicted octanol–water partition coefficient (Wildman–Crippen LogP) is 0.756. The number of aryl methyl sites for hydroxylation is 1. The van der Waals surface area contributed by atoms with E-state index in [9.17, 15) is 14.4 Å². The van der Waals surface area contributed by atoms with Gasteiger partial charge in [0.05, 0.1) is 6.20 Å². The minimum atomic E-state index is -0.598. The first-order valence-corrected chi connectivity index (χ1v) is 10.5. The van der Waals surface area contributed by atoms with Gasteiger partial charge < -0.3 is 14.9 Å². The molecule has 0 spiro atoms. The molecule has 0 saturated carbocycles. The summed E-state index contributed by atoms with van der Waals surface area (Å²) in [6, 6.07) is 4.57. The normalized spacial score (nSPS) is 21.1.